The molecule has 4 rings (SSSR count). The van der Waals surface area contributed by atoms with Crippen molar-refractivity contribution in [2.45, 2.75) is 97.2 Å². The lowest BCUT2D eigenvalue weighted by atomic mass is 9.55. The molecule has 0 radical (unpaired) electrons. The van der Waals surface area contributed by atoms with Gasteiger partial charge in [-0.2, -0.15) is 0 Å². The summed E-state index contributed by atoms with van der Waals surface area (Å²) in [4.78, 5) is 27.6. The molecule has 0 spiro atoms. The van der Waals surface area contributed by atoms with Crippen LogP contribution >= 0.6 is 0 Å². The molecule has 1 aliphatic heterocycles. The monoisotopic (exact) mass is 403 g/mol. The number of carbonyl (C=O) groups excluding carboxylic acids is 2. The fourth-order valence-corrected chi connectivity index (χ4v) is 7.75. The number of nitrogens with zero attached hydrogens (tertiary/aromatic N) is 1. The van der Waals surface area contributed by atoms with E-state index in [1.165, 1.54) is 51.5 Å². The summed E-state index contributed by atoms with van der Waals surface area (Å²) in [6.07, 6.45) is 10.1. The number of urea groups is 1. The van der Waals surface area contributed by atoms with Gasteiger partial charge in [-0.15, -0.1) is 0 Å². The van der Waals surface area contributed by atoms with Gasteiger partial charge in [0.25, 0.3) is 0 Å². The zero-order valence-electron chi connectivity index (χ0n) is 18.8. The van der Waals surface area contributed by atoms with Crippen molar-refractivity contribution in [2.75, 3.05) is 6.54 Å². The number of fused-ring (bicyclic) bond motifs is 5. The predicted molar refractivity (Wildman–Crippen MR) is 115 cm³/mol. The molecule has 5 heteroatoms. The highest BCUT2D eigenvalue weighted by atomic mass is 16.2. The molecule has 0 aromatic heterocycles. The maximum Gasteiger partial charge on any atom is 0.321 e. The van der Waals surface area contributed by atoms with Crippen molar-refractivity contribution in [1.29, 1.82) is 0 Å². The van der Waals surface area contributed by atoms with Crippen LogP contribution in [-0.4, -0.2) is 41.5 Å². The molecule has 5 nitrogen and oxygen atoms in total. The van der Waals surface area contributed by atoms with E-state index in [9.17, 15) is 9.59 Å². The minimum absolute atomic E-state index is 0.0357. The van der Waals surface area contributed by atoms with Crippen LogP contribution in [0, 0.1) is 35.5 Å². The van der Waals surface area contributed by atoms with Crippen molar-refractivity contribution < 1.29 is 9.59 Å². The summed E-state index contributed by atoms with van der Waals surface area (Å²) >= 11 is 0. The van der Waals surface area contributed by atoms with E-state index in [0.29, 0.717) is 17.9 Å². The first-order chi connectivity index (χ1) is 13.9. The molecule has 7 unspecified atom stereocenters. The van der Waals surface area contributed by atoms with E-state index in [-0.39, 0.29) is 23.9 Å². The molecule has 3 amide bonds. The second-order valence-corrected chi connectivity index (χ2v) is 10.8. The summed E-state index contributed by atoms with van der Waals surface area (Å²) in [5.41, 5.74) is 0. The molecular formula is C24H41N3O2. The first-order valence-electron chi connectivity index (χ1n) is 12.2. The Morgan fingerprint density at radius 2 is 1.41 bits per heavy atom. The first kappa shape index (κ1) is 21.1. The molecule has 3 saturated carbocycles. The van der Waals surface area contributed by atoms with Crippen molar-refractivity contribution in [3.05, 3.63) is 0 Å². The van der Waals surface area contributed by atoms with Gasteiger partial charge in [-0.1, -0.05) is 0 Å². The molecule has 0 bridgehead atoms. The summed E-state index contributed by atoms with van der Waals surface area (Å²) in [5.74, 6) is 3.74. The van der Waals surface area contributed by atoms with Crippen molar-refractivity contribution in [3.8, 4) is 0 Å². The maximum absolute atomic E-state index is 12.8. The summed E-state index contributed by atoms with van der Waals surface area (Å²) in [7, 11) is 0. The Morgan fingerprint density at radius 3 is 2.14 bits per heavy atom. The fourth-order valence-electron chi connectivity index (χ4n) is 7.75. The highest BCUT2D eigenvalue weighted by Crippen LogP contribution is 2.57. The van der Waals surface area contributed by atoms with Gasteiger partial charge in [0.05, 0.1) is 0 Å². The first-order valence-corrected chi connectivity index (χ1v) is 12.2. The van der Waals surface area contributed by atoms with E-state index >= 15 is 0 Å². The molecule has 29 heavy (non-hydrogen) atoms. The number of hydrogen-bond donors (Lipinski definition) is 2. The molecule has 1 heterocycles. The lowest BCUT2D eigenvalue weighted by Gasteiger charge is -2.55. The van der Waals surface area contributed by atoms with Crippen LogP contribution in [0.1, 0.15) is 79.1 Å². The molecule has 164 valence electrons. The number of piperidine rings is 1. The lowest BCUT2D eigenvalue weighted by molar-refractivity contribution is -0.126. The number of carbonyl (C=O) groups is 2. The van der Waals surface area contributed by atoms with Crippen LogP contribution in [0.15, 0.2) is 0 Å². The van der Waals surface area contributed by atoms with Gasteiger partial charge < -0.3 is 5.32 Å². The Kier molecular flexibility index (Phi) is 6.24. The average Bonchev–Trinajstić information content (AvgIpc) is 3.10. The fraction of sp³-hybridized carbons (Fsp3) is 0.917. The molecule has 2 N–H and O–H groups in total. The minimum atomic E-state index is -0.335. The van der Waals surface area contributed by atoms with Crippen molar-refractivity contribution >= 4 is 11.9 Å². The van der Waals surface area contributed by atoms with Crippen LogP contribution in [0.3, 0.4) is 0 Å². The van der Waals surface area contributed by atoms with Gasteiger partial charge in [0.1, 0.15) is 0 Å². The van der Waals surface area contributed by atoms with Gasteiger partial charge in [0.15, 0.2) is 0 Å². The van der Waals surface area contributed by atoms with Gasteiger partial charge in [-0.05, 0) is 115 Å². The number of imide groups is 1. The van der Waals surface area contributed by atoms with Crippen LogP contribution in [0.25, 0.3) is 0 Å². The Labute approximate surface area is 176 Å². The zero-order valence-corrected chi connectivity index (χ0v) is 18.8. The lowest BCUT2D eigenvalue weighted by Crippen LogP contribution is -2.56. The topological polar surface area (TPSA) is 61.4 Å². The van der Waals surface area contributed by atoms with Gasteiger partial charge >= 0.3 is 6.03 Å². The molecular weight excluding hydrogens is 362 g/mol. The Balaban J connectivity index is 1.41. The molecule has 4 aliphatic rings. The summed E-state index contributed by atoms with van der Waals surface area (Å²) < 4.78 is 0. The normalized spacial score (nSPS) is 39.6. The van der Waals surface area contributed by atoms with E-state index in [4.69, 9.17) is 0 Å². The zero-order chi connectivity index (χ0) is 20.7. The largest absolute Gasteiger partial charge is 0.336 e. The maximum atomic E-state index is 12.8. The smallest absolute Gasteiger partial charge is 0.321 e. The minimum Gasteiger partial charge on any atom is -0.336 e. The van der Waals surface area contributed by atoms with Crippen molar-refractivity contribution in [3.63, 3.8) is 0 Å². The van der Waals surface area contributed by atoms with Crippen molar-refractivity contribution in [1.82, 2.24) is 15.5 Å². The third kappa shape index (κ3) is 4.08. The summed E-state index contributed by atoms with van der Waals surface area (Å²) in [6.45, 7) is 9.84. The third-order valence-electron chi connectivity index (χ3n) is 8.69. The quantitative estimate of drug-likeness (QED) is 0.743. The average molecular weight is 404 g/mol. The van der Waals surface area contributed by atoms with Gasteiger partial charge in [-0.25, -0.2) is 4.79 Å². The second kappa shape index (κ2) is 8.56. The van der Waals surface area contributed by atoms with E-state index in [1.54, 1.807) is 0 Å². The molecule has 7 atom stereocenters. The van der Waals surface area contributed by atoms with Gasteiger partial charge in [0.2, 0.25) is 5.91 Å². The van der Waals surface area contributed by atoms with E-state index < -0.39 is 0 Å². The number of likely N-dealkylation sites (tertiary alicyclic amines) is 1. The Morgan fingerprint density at radius 1 is 0.793 bits per heavy atom. The summed E-state index contributed by atoms with van der Waals surface area (Å²) in [5, 5.41) is 5.41. The van der Waals surface area contributed by atoms with E-state index in [2.05, 4.69) is 29.4 Å². The number of amides is 3. The van der Waals surface area contributed by atoms with Crippen LogP contribution in [0.4, 0.5) is 4.79 Å². The Hall–Kier alpha value is -1.10. The number of hydrogen-bond acceptors (Lipinski definition) is 3. The van der Waals surface area contributed by atoms with Gasteiger partial charge in [-0.3, -0.25) is 15.0 Å². The van der Waals surface area contributed by atoms with E-state index in [0.717, 1.165) is 30.2 Å². The van der Waals surface area contributed by atoms with Crippen LogP contribution in [0.2, 0.25) is 0 Å². The second-order valence-electron chi connectivity index (χ2n) is 10.8. The molecule has 4 fully saturated rings. The van der Waals surface area contributed by atoms with Crippen molar-refractivity contribution in [2.24, 2.45) is 35.5 Å². The molecule has 1 saturated heterocycles. The SMILES string of the molecule is CC(C)NC(=O)NC(=O)C1CCC2C1CCC1C2CCC2C1CCCN2C(C)C. The van der Waals surface area contributed by atoms with Gasteiger partial charge in [0, 0.05) is 24.0 Å². The number of rotatable bonds is 3. The highest BCUT2D eigenvalue weighted by molar-refractivity contribution is 5.95. The van der Waals surface area contributed by atoms with E-state index in [1.807, 2.05) is 13.8 Å². The predicted octanol–water partition coefficient (Wildman–Crippen LogP) is 4.17. The molecule has 3 aliphatic carbocycles. The van der Waals surface area contributed by atoms with Crippen LogP contribution in [0.5, 0.6) is 0 Å². The van der Waals surface area contributed by atoms with Crippen LogP contribution < -0.4 is 10.6 Å². The van der Waals surface area contributed by atoms with Crippen LogP contribution in [-0.2, 0) is 4.79 Å². The number of nitrogens with one attached hydrogen (secondary N) is 2. The molecule has 0 aromatic rings. The molecule has 0 aromatic carbocycles. The highest BCUT2D eigenvalue weighted by Gasteiger charge is 2.53. The summed E-state index contributed by atoms with van der Waals surface area (Å²) in [6, 6.07) is 1.17. The third-order valence-corrected chi connectivity index (χ3v) is 8.69. The standard InChI is InChI=1S/C24H41N3O2/c1-14(2)25-24(29)26-23(28)21-10-9-16-17-11-12-22-20(18(17)7-8-19(16)21)6-5-13-27(22)15(3)4/h14-22H,5-13H2,1-4H3,(H2,25,26,28,29). The Bertz CT molecular complexity index is 619.